The Balaban J connectivity index is 1.14. The minimum absolute atomic E-state index is 0.0753. The third-order valence-corrected chi connectivity index (χ3v) is 9.87. The number of benzene rings is 4. The van der Waals surface area contributed by atoms with Crippen LogP contribution < -0.4 is 19.7 Å². The van der Waals surface area contributed by atoms with Gasteiger partial charge in [0.1, 0.15) is 11.5 Å². The average molecular weight is 703 g/mol. The van der Waals surface area contributed by atoms with Gasteiger partial charge in [-0.15, -0.1) is 0 Å². The molecule has 0 saturated carbocycles. The van der Waals surface area contributed by atoms with E-state index in [1.165, 1.54) is 11.1 Å². The number of ether oxygens (including phenoxy) is 2. The second kappa shape index (κ2) is 17.3. The Bertz CT molecular complexity index is 1960. The van der Waals surface area contributed by atoms with E-state index in [9.17, 15) is 9.59 Å². The Kier molecular flexibility index (Phi) is 12.1. The van der Waals surface area contributed by atoms with E-state index >= 15 is 0 Å². The summed E-state index contributed by atoms with van der Waals surface area (Å²) < 4.78 is 14.0. The number of ketones is 1. The van der Waals surface area contributed by atoms with E-state index in [2.05, 4.69) is 65.4 Å². The molecule has 5 aromatic rings. The van der Waals surface area contributed by atoms with Gasteiger partial charge in [-0.25, -0.2) is 0 Å². The number of rotatable bonds is 17. The van der Waals surface area contributed by atoms with Crippen molar-refractivity contribution in [2.75, 3.05) is 56.7 Å². The molecule has 1 aliphatic rings. The van der Waals surface area contributed by atoms with E-state index in [1.54, 1.807) is 7.11 Å². The summed E-state index contributed by atoms with van der Waals surface area (Å²) in [5, 5.41) is 13.6. The zero-order valence-corrected chi connectivity index (χ0v) is 30.5. The van der Waals surface area contributed by atoms with Crippen LogP contribution in [0.1, 0.15) is 66.1 Å². The summed E-state index contributed by atoms with van der Waals surface area (Å²) in [5.41, 5.74) is 6.50. The van der Waals surface area contributed by atoms with Gasteiger partial charge in [0.2, 0.25) is 0 Å². The minimum atomic E-state index is -0.826. The number of hydrogen-bond acceptors (Lipinski definition) is 7. The number of fused-ring (bicyclic) bond motifs is 1. The molecule has 1 aliphatic heterocycles. The number of nitrogens with zero attached hydrogens (tertiary/aromatic N) is 3. The monoisotopic (exact) mass is 702 g/mol. The number of hydrogen-bond donors (Lipinski definition) is 2. The van der Waals surface area contributed by atoms with E-state index < -0.39 is 5.97 Å². The lowest BCUT2D eigenvalue weighted by Gasteiger charge is -2.36. The summed E-state index contributed by atoms with van der Waals surface area (Å²) in [7, 11) is 1.72. The SMILES string of the molecule is COc1ccccc1N1CCN(CCCOc2cc(C(=O)c3cn(CCCC(=O)O)c4ccccc34)ccc2NCc2ccc(C(C)C)cc2)CC1. The van der Waals surface area contributed by atoms with Crippen LogP contribution in [0.3, 0.4) is 0 Å². The molecule has 0 unspecified atom stereocenters. The maximum Gasteiger partial charge on any atom is 0.303 e. The van der Waals surface area contributed by atoms with E-state index in [1.807, 2.05) is 65.4 Å². The highest BCUT2D eigenvalue weighted by Crippen LogP contribution is 2.31. The fourth-order valence-corrected chi connectivity index (χ4v) is 6.89. The fourth-order valence-electron chi connectivity index (χ4n) is 6.89. The number of carbonyl (C=O) groups is 2. The minimum Gasteiger partial charge on any atom is -0.495 e. The van der Waals surface area contributed by atoms with Gasteiger partial charge in [0.15, 0.2) is 5.78 Å². The first kappa shape index (κ1) is 36.5. The summed E-state index contributed by atoms with van der Waals surface area (Å²) in [6, 6.07) is 30.3. The number of carboxylic acids is 1. The first-order valence-corrected chi connectivity index (χ1v) is 18.3. The summed E-state index contributed by atoms with van der Waals surface area (Å²) in [6.45, 7) is 10.8. The maximum absolute atomic E-state index is 14.1. The van der Waals surface area contributed by atoms with Gasteiger partial charge in [-0.1, -0.05) is 68.4 Å². The van der Waals surface area contributed by atoms with E-state index in [0.717, 1.165) is 67.2 Å². The van der Waals surface area contributed by atoms with Crippen molar-refractivity contribution < 1.29 is 24.2 Å². The molecule has 4 aromatic carbocycles. The Morgan fingerprint density at radius 1 is 0.846 bits per heavy atom. The maximum atomic E-state index is 14.1. The molecule has 52 heavy (non-hydrogen) atoms. The van der Waals surface area contributed by atoms with Crippen LogP contribution in [0, 0.1) is 0 Å². The molecule has 0 radical (unpaired) electrons. The zero-order valence-electron chi connectivity index (χ0n) is 30.5. The highest BCUT2D eigenvalue weighted by Gasteiger charge is 2.21. The molecule has 0 bridgehead atoms. The molecule has 2 N–H and O–H groups in total. The molecule has 2 heterocycles. The smallest absolute Gasteiger partial charge is 0.303 e. The molecule has 1 aromatic heterocycles. The highest BCUT2D eigenvalue weighted by atomic mass is 16.5. The van der Waals surface area contributed by atoms with Crippen molar-refractivity contribution in [2.45, 2.75) is 52.1 Å². The van der Waals surface area contributed by atoms with Crippen LogP contribution in [0.4, 0.5) is 11.4 Å². The van der Waals surface area contributed by atoms with E-state index in [4.69, 9.17) is 14.6 Å². The Labute approximate surface area is 306 Å². The molecule has 0 aliphatic carbocycles. The number of nitrogens with one attached hydrogen (secondary N) is 1. The van der Waals surface area contributed by atoms with Crippen molar-refractivity contribution in [2.24, 2.45) is 0 Å². The second-order valence-corrected chi connectivity index (χ2v) is 13.7. The summed E-state index contributed by atoms with van der Waals surface area (Å²) in [5.74, 6) is 1.11. The lowest BCUT2D eigenvalue weighted by molar-refractivity contribution is -0.137. The van der Waals surface area contributed by atoms with Gasteiger partial charge < -0.3 is 29.4 Å². The van der Waals surface area contributed by atoms with Crippen LogP contribution in [0.2, 0.25) is 0 Å². The van der Waals surface area contributed by atoms with Crippen LogP contribution in [-0.2, 0) is 17.9 Å². The molecular weight excluding hydrogens is 652 g/mol. The first-order chi connectivity index (χ1) is 25.3. The van der Waals surface area contributed by atoms with E-state index in [-0.39, 0.29) is 12.2 Å². The van der Waals surface area contributed by atoms with Crippen molar-refractivity contribution >= 4 is 34.0 Å². The molecule has 1 saturated heterocycles. The third-order valence-electron chi connectivity index (χ3n) is 9.87. The topological polar surface area (TPSA) is 96.3 Å². The largest absolute Gasteiger partial charge is 0.495 e. The van der Waals surface area contributed by atoms with Crippen molar-refractivity contribution in [1.82, 2.24) is 9.47 Å². The second-order valence-electron chi connectivity index (χ2n) is 13.7. The van der Waals surface area contributed by atoms with Gasteiger partial charge in [0, 0.05) is 80.5 Å². The predicted molar refractivity (Wildman–Crippen MR) is 208 cm³/mol. The predicted octanol–water partition coefficient (Wildman–Crippen LogP) is 8.07. The zero-order chi connectivity index (χ0) is 36.5. The number of para-hydroxylation sites is 3. The number of methoxy groups -OCH3 is 1. The molecule has 1 fully saturated rings. The molecule has 0 atom stereocenters. The van der Waals surface area contributed by atoms with Gasteiger partial charge in [-0.05, 0) is 66.3 Å². The number of carboxylic acid groups (broad SMARTS) is 1. The standard InChI is InChI=1S/C43H50N4O5/c1-31(2)33-17-15-32(16-18-33)29-44-37-20-19-34(43(50)36-30-47(22-8-14-42(48)49)38-11-5-4-10-35(36)38)28-41(37)52-27-9-21-45-23-25-46(26-24-45)39-12-6-7-13-40(39)51-3/h4-7,10-13,15-20,28,30-31,44H,8-9,14,21-27,29H2,1-3H3,(H,48,49). The van der Waals surface area contributed by atoms with Crippen molar-refractivity contribution in [3.05, 3.63) is 119 Å². The molecule has 6 rings (SSSR count). The quantitative estimate of drug-likeness (QED) is 0.0742. The lowest BCUT2D eigenvalue weighted by Crippen LogP contribution is -2.46. The normalized spacial score (nSPS) is 13.4. The molecule has 0 spiro atoms. The Hall–Kier alpha value is -5.28. The fraction of sp³-hybridized carbons (Fsp3) is 0.349. The average Bonchev–Trinajstić information content (AvgIpc) is 3.54. The van der Waals surface area contributed by atoms with Gasteiger partial charge in [0.05, 0.1) is 25.1 Å². The highest BCUT2D eigenvalue weighted by molar-refractivity contribution is 6.16. The number of carbonyl (C=O) groups excluding carboxylic acids is 1. The molecule has 9 heteroatoms. The van der Waals surface area contributed by atoms with E-state index in [0.29, 0.717) is 48.9 Å². The summed E-state index contributed by atoms with van der Waals surface area (Å²) in [6.07, 6.45) is 3.27. The van der Waals surface area contributed by atoms with Crippen LogP contribution in [0.25, 0.3) is 10.9 Å². The van der Waals surface area contributed by atoms with Gasteiger partial charge in [-0.3, -0.25) is 14.5 Å². The molecular formula is C43H50N4O5. The van der Waals surface area contributed by atoms with Crippen LogP contribution in [0.15, 0.2) is 97.2 Å². The van der Waals surface area contributed by atoms with Gasteiger partial charge in [-0.2, -0.15) is 0 Å². The lowest BCUT2D eigenvalue weighted by atomic mass is 10.0. The Morgan fingerprint density at radius 2 is 1.60 bits per heavy atom. The summed E-state index contributed by atoms with van der Waals surface area (Å²) in [4.78, 5) is 30.1. The molecule has 272 valence electrons. The third kappa shape index (κ3) is 8.95. The van der Waals surface area contributed by atoms with Crippen molar-refractivity contribution in [3.8, 4) is 11.5 Å². The first-order valence-electron chi connectivity index (χ1n) is 18.3. The molecule has 9 nitrogen and oxygen atoms in total. The van der Waals surface area contributed by atoms with Crippen LogP contribution in [0.5, 0.6) is 11.5 Å². The Morgan fingerprint density at radius 3 is 2.35 bits per heavy atom. The number of piperazine rings is 1. The summed E-state index contributed by atoms with van der Waals surface area (Å²) >= 11 is 0. The van der Waals surface area contributed by atoms with Gasteiger partial charge in [0.25, 0.3) is 0 Å². The van der Waals surface area contributed by atoms with Crippen LogP contribution >= 0.6 is 0 Å². The number of aromatic nitrogens is 1. The van der Waals surface area contributed by atoms with Crippen molar-refractivity contribution in [1.29, 1.82) is 0 Å². The van der Waals surface area contributed by atoms with Crippen LogP contribution in [-0.4, -0.2) is 72.8 Å². The number of anilines is 2. The number of aliphatic carboxylic acids is 1. The molecule has 0 amide bonds. The number of aryl methyl sites for hydroxylation is 1. The van der Waals surface area contributed by atoms with Gasteiger partial charge >= 0.3 is 5.97 Å². The van der Waals surface area contributed by atoms with Crippen molar-refractivity contribution in [3.63, 3.8) is 0 Å².